The molecule has 3 aromatic rings. The van der Waals surface area contributed by atoms with Crippen molar-refractivity contribution >= 4 is 56.6 Å². The van der Waals surface area contributed by atoms with E-state index in [0.717, 1.165) is 59.8 Å². The number of halogens is 2. The third kappa shape index (κ3) is 5.13. The van der Waals surface area contributed by atoms with E-state index < -0.39 is 0 Å². The van der Waals surface area contributed by atoms with Gasteiger partial charge in [-0.2, -0.15) is 0 Å². The number of anilines is 1. The predicted molar refractivity (Wildman–Crippen MR) is 127 cm³/mol. The molecule has 1 aliphatic rings. The van der Waals surface area contributed by atoms with Gasteiger partial charge in [-0.3, -0.25) is 14.6 Å². The molecule has 0 saturated carbocycles. The molecule has 1 aromatic heterocycles. The molecule has 0 bridgehead atoms. The van der Waals surface area contributed by atoms with Gasteiger partial charge in [-0.25, -0.2) is 4.98 Å². The average Bonchev–Trinajstić information content (AvgIpc) is 3.13. The molecule has 0 atom stereocenters. The van der Waals surface area contributed by atoms with Gasteiger partial charge in [0.1, 0.15) is 0 Å². The molecule has 1 saturated heterocycles. The van der Waals surface area contributed by atoms with Crippen molar-refractivity contribution in [1.82, 2.24) is 9.88 Å². The zero-order valence-corrected chi connectivity index (χ0v) is 19.4. The zero-order chi connectivity index (χ0) is 20.4. The van der Waals surface area contributed by atoms with Crippen LogP contribution in [0.15, 0.2) is 36.4 Å². The molecule has 160 valence electrons. The molecule has 0 radical (unpaired) electrons. The Morgan fingerprint density at radius 3 is 2.73 bits per heavy atom. The van der Waals surface area contributed by atoms with E-state index in [1.165, 1.54) is 11.3 Å². The minimum atomic E-state index is -0.00962. The number of nitrogens with zero attached hydrogens (tertiary/aromatic N) is 3. The largest absolute Gasteiger partial charge is 0.379 e. The van der Waals surface area contributed by atoms with Crippen molar-refractivity contribution in [2.75, 3.05) is 44.3 Å². The summed E-state index contributed by atoms with van der Waals surface area (Å²) in [5, 5.41) is 1.38. The van der Waals surface area contributed by atoms with Crippen molar-refractivity contribution in [3.8, 4) is 0 Å². The summed E-state index contributed by atoms with van der Waals surface area (Å²) in [5.41, 5.74) is 3.63. The maximum absolute atomic E-state index is 13.6. The number of carbonyl (C=O) groups is 1. The second kappa shape index (κ2) is 10.1. The van der Waals surface area contributed by atoms with Crippen molar-refractivity contribution < 1.29 is 9.53 Å². The van der Waals surface area contributed by atoms with E-state index in [1.807, 2.05) is 55.1 Å². The van der Waals surface area contributed by atoms with Crippen LogP contribution in [0.3, 0.4) is 0 Å². The molecule has 5 nitrogen and oxygen atoms in total. The number of carbonyl (C=O) groups excluding carboxylic acids is 1. The minimum absolute atomic E-state index is 0. The summed E-state index contributed by atoms with van der Waals surface area (Å²) < 4.78 is 6.43. The molecule has 1 aliphatic heterocycles. The fraction of sp³-hybridized carbons (Fsp3) is 0.364. The van der Waals surface area contributed by atoms with Gasteiger partial charge in [-0.1, -0.05) is 40.6 Å². The van der Waals surface area contributed by atoms with Crippen molar-refractivity contribution in [1.29, 1.82) is 0 Å². The van der Waals surface area contributed by atoms with E-state index in [-0.39, 0.29) is 18.3 Å². The number of benzene rings is 2. The third-order valence-corrected chi connectivity index (χ3v) is 6.46. The third-order valence-electron chi connectivity index (χ3n) is 5.18. The van der Waals surface area contributed by atoms with Gasteiger partial charge in [-0.15, -0.1) is 12.4 Å². The molecule has 30 heavy (non-hydrogen) atoms. The van der Waals surface area contributed by atoms with Crippen molar-refractivity contribution in [2.45, 2.75) is 13.8 Å². The Morgan fingerprint density at radius 2 is 1.97 bits per heavy atom. The molecule has 1 amide bonds. The second-order valence-corrected chi connectivity index (χ2v) is 8.78. The van der Waals surface area contributed by atoms with Crippen LogP contribution < -0.4 is 4.90 Å². The highest BCUT2D eigenvalue weighted by Crippen LogP contribution is 2.32. The van der Waals surface area contributed by atoms with Crippen LogP contribution in [0.2, 0.25) is 5.02 Å². The van der Waals surface area contributed by atoms with E-state index in [2.05, 4.69) is 4.90 Å². The number of ether oxygens (including phenoxy) is 1. The van der Waals surface area contributed by atoms with Crippen LogP contribution in [0.1, 0.15) is 21.5 Å². The average molecular weight is 466 g/mol. The van der Waals surface area contributed by atoms with E-state index in [1.54, 1.807) is 0 Å². The van der Waals surface area contributed by atoms with Crippen molar-refractivity contribution in [3.63, 3.8) is 0 Å². The first kappa shape index (κ1) is 23.0. The van der Waals surface area contributed by atoms with Gasteiger partial charge in [-0.05, 0) is 43.7 Å². The van der Waals surface area contributed by atoms with Gasteiger partial charge in [0.25, 0.3) is 5.91 Å². The molecule has 4 rings (SSSR count). The van der Waals surface area contributed by atoms with Crippen LogP contribution in [0.4, 0.5) is 5.13 Å². The lowest BCUT2D eigenvalue weighted by Gasteiger charge is -2.29. The second-order valence-electron chi connectivity index (χ2n) is 7.34. The van der Waals surface area contributed by atoms with Gasteiger partial charge in [0.15, 0.2) is 5.13 Å². The van der Waals surface area contributed by atoms with Gasteiger partial charge in [0, 0.05) is 36.8 Å². The Labute approximate surface area is 192 Å². The molecule has 0 aliphatic carbocycles. The van der Waals surface area contributed by atoms with Crippen LogP contribution >= 0.6 is 35.3 Å². The van der Waals surface area contributed by atoms with E-state index in [9.17, 15) is 4.79 Å². The summed E-state index contributed by atoms with van der Waals surface area (Å²) in [7, 11) is 0. The van der Waals surface area contributed by atoms with Crippen LogP contribution in [-0.4, -0.2) is 55.2 Å². The van der Waals surface area contributed by atoms with Gasteiger partial charge < -0.3 is 4.74 Å². The summed E-state index contributed by atoms with van der Waals surface area (Å²) in [6.07, 6.45) is 0. The van der Waals surface area contributed by atoms with Crippen LogP contribution in [0, 0.1) is 13.8 Å². The number of aryl methyl sites for hydroxylation is 2. The van der Waals surface area contributed by atoms with E-state index in [4.69, 9.17) is 21.3 Å². The number of fused-ring (bicyclic) bond motifs is 1. The maximum Gasteiger partial charge on any atom is 0.260 e. The van der Waals surface area contributed by atoms with E-state index >= 15 is 0 Å². The fourth-order valence-corrected chi connectivity index (χ4v) is 4.73. The lowest BCUT2D eigenvalue weighted by Crippen LogP contribution is -2.43. The van der Waals surface area contributed by atoms with Crippen LogP contribution in [0.25, 0.3) is 10.2 Å². The quantitative estimate of drug-likeness (QED) is 0.533. The molecule has 0 spiro atoms. The Balaban J connectivity index is 0.00000256. The summed E-state index contributed by atoms with van der Waals surface area (Å²) in [6, 6.07) is 11.6. The molecular weight excluding hydrogens is 441 g/mol. The van der Waals surface area contributed by atoms with Gasteiger partial charge >= 0.3 is 0 Å². The van der Waals surface area contributed by atoms with Gasteiger partial charge in [0.05, 0.1) is 23.4 Å². The summed E-state index contributed by atoms with van der Waals surface area (Å²) in [6.45, 7) is 8.62. The molecule has 0 unspecified atom stereocenters. The normalized spacial score (nSPS) is 14.5. The number of hydrogen-bond acceptors (Lipinski definition) is 5. The lowest BCUT2D eigenvalue weighted by atomic mass is 10.0. The van der Waals surface area contributed by atoms with E-state index in [0.29, 0.717) is 16.7 Å². The highest BCUT2D eigenvalue weighted by Gasteiger charge is 2.24. The number of hydrogen-bond donors (Lipinski definition) is 0. The molecule has 8 heteroatoms. The fourth-order valence-electron chi connectivity index (χ4n) is 3.46. The molecule has 0 N–H and O–H groups in total. The number of aromatic nitrogens is 1. The minimum Gasteiger partial charge on any atom is -0.379 e. The number of rotatable bonds is 5. The Morgan fingerprint density at radius 1 is 1.20 bits per heavy atom. The first-order valence-corrected chi connectivity index (χ1v) is 11.0. The SMILES string of the molecule is Cc1ccc(C)c(C(=O)N(CCN2CCOCC2)c2nc3ccc(Cl)cc3s2)c1.Cl. The Hall–Kier alpha value is -1.70. The highest BCUT2D eigenvalue weighted by molar-refractivity contribution is 7.22. The monoisotopic (exact) mass is 465 g/mol. The van der Waals surface area contributed by atoms with Gasteiger partial charge in [0.2, 0.25) is 0 Å². The zero-order valence-electron chi connectivity index (χ0n) is 17.1. The van der Waals surface area contributed by atoms with Crippen molar-refractivity contribution in [3.05, 3.63) is 58.1 Å². The number of thiazole rings is 1. The lowest BCUT2D eigenvalue weighted by molar-refractivity contribution is 0.0391. The maximum atomic E-state index is 13.6. The predicted octanol–water partition coefficient (Wildman–Crippen LogP) is 4.97. The van der Waals surface area contributed by atoms with Crippen LogP contribution in [-0.2, 0) is 4.74 Å². The first-order chi connectivity index (χ1) is 14.0. The topological polar surface area (TPSA) is 45.7 Å². The highest BCUT2D eigenvalue weighted by atomic mass is 35.5. The summed E-state index contributed by atoms with van der Waals surface area (Å²) in [5.74, 6) is -0.00962. The number of morpholine rings is 1. The first-order valence-electron chi connectivity index (χ1n) is 9.76. The van der Waals surface area contributed by atoms with Crippen LogP contribution in [0.5, 0.6) is 0 Å². The summed E-state index contributed by atoms with van der Waals surface area (Å²) in [4.78, 5) is 22.4. The standard InChI is InChI=1S/C22H24ClN3O2S.ClH/c1-15-3-4-16(2)18(13-15)21(27)26(8-7-25-9-11-28-12-10-25)22-24-19-6-5-17(23)14-20(19)29-22;/h3-6,13-14H,7-12H2,1-2H3;1H. The Bertz CT molecular complexity index is 1030. The number of amides is 1. The molecule has 1 fully saturated rings. The molecular formula is C22H25Cl2N3O2S. The summed E-state index contributed by atoms with van der Waals surface area (Å²) >= 11 is 7.65. The Kier molecular flexibility index (Phi) is 7.71. The van der Waals surface area contributed by atoms with Crippen molar-refractivity contribution in [2.24, 2.45) is 0 Å². The molecule has 2 heterocycles. The smallest absolute Gasteiger partial charge is 0.260 e. The molecule has 2 aromatic carbocycles.